The minimum absolute atomic E-state index is 0.174. The lowest BCUT2D eigenvalue weighted by Crippen LogP contribution is -2.39. The van der Waals surface area contributed by atoms with Gasteiger partial charge in [-0.25, -0.2) is 9.37 Å². The van der Waals surface area contributed by atoms with Crippen LogP contribution in [0.15, 0.2) is 23.6 Å². The fourth-order valence-corrected chi connectivity index (χ4v) is 3.54. The monoisotopic (exact) mass is 336 g/mol. The Morgan fingerprint density at radius 1 is 1.43 bits per heavy atom. The number of piperidine rings is 1. The van der Waals surface area contributed by atoms with Crippen LogP contribution in [-0.4, -0.2) is 29.0 Å². The number of nitro groups is 1. The maximum absolute atomic E-state index is 13.2. The fraction of sp³-hybridized carbons (Fsp3) is 0.400. The van der Waals surface area contributed by atoms with Crippen molar-refractivity contribution in [3.63, 3.8) is 0 Å². The van der Waals surface area contributed by atoms with Gasteiger partial charge < -0.3 is 10.2 Å². The van der Waals surface area contributed by atoms with E-state index in [-0.39, 0.29) is 5.69 Å². The van der Waals surface area contributed by atoms with Gasteiger partial charge in [0.15, 0.2) is 5.13 Å². The van der Waals surface area contributed by atoms with Crippen molar-refractivity contribution in [3.05, 3.63) is 45.2 Å². The molecule has 8 heteroatoms. The minimum atomic E-state index is -0.587. The number of benzene rings is 1. The van der Waals surface area contributed by atoms with Gasteiger partial charge in [0, 0.05) is 24.5 Å². The summed E-state index contributed by atoms with van der Waals surface area (Å²) in [4.78, 5) is 16.9. The summed E-state index contributed by atoms with van der Waals surface area (Å²) in [5.74, 6) is -0.587. The number of nitrogens with zero attached hydrogens (tertiary/aromatic N) is 3. The van der Waals surface area contributed by atoms with Crippen LogP contribution >= 0.6 is 11.3 Å². The van der Waals surface area contributed by atoms with E-state index in [1.165, 1.54) is 12.1 Å². The van der Waals surface area contributed by atoms with Gasteiger partial charge >= 0.3 is 0 Å². The first kappa shape index (κ1) is 15.7. The molecule has 0 radical (unpaired) electrons. The second-order valence-corrected chi connectivity index (χ2v) is 6.45. The average molecular weight is 336 g/mol. The van der Waals surface area contributed by atoms with Crippen LogP contribution in [0.5, 0.6) is 0 Å². The number of nitrogens with one attached hydrogen (secondary N) is 1. The molecule has 0 atom stereocenters. The van der Waals surface area contributed by atoms with Crippen molar-refractivity contribution in [1.29, 1.82) is 0 Å². The summed E-state index contributed by atoms with van der Waals surface area (Å²) in [6.07, 6.45) is 1.71. The standard InChI is InChI=1S/C15H17FN4O2S/c1-10-9-23-15(17-10)18-12-4-6-19(7-5-12)13-3-2-11(16)8-14(13)20(21)22/h2-3,8-9,12H,4-7H2,1H3,(H,17,18). The van der Waals surface area contributed by atoms with Crippen molar-refractivity contribution in [2.75, 3.05) is 23.3 Å². The normalized spacial score (nSPS) is 15.7. The molecule has 3 rings (SSSR count). The first-order valence-corrected chi connectivity index (χ1v) is 8.28. The quantitative estimate of drug-likeness (QED) is 0.682. The Balaban J connectivity index is 1.66. The van der Waals surface area contributed by atoms with Gasteiger partial charge in [0.1, 0.15) is 11.5 Å². The number of aromatic nitrogens is 1. The smallest absolute Gasteiger partial charge is 0.295 e. The number of nitro benzene ring substituents is 1. The van der Waals surface area contributed by atoms with E-state index in [9.17, 15) is 14.5 Å². The summed E-state index contributed by atoms with van der Waals surface area (Å²) in [5, 5.41) is 17.4. The Labute approximate surface area is 137 Å². The summed E-state index contributed by atoms with van der Waals surface area (Å²) in [5.41, 5.74) is 1.31. The number of hydrogen-bond acceptors (Lipinski definition) is 6. The van der Waals surface area contributed by atoms with E-state index in [0.717, 1.165) is 29.7 Å². The topological polar surface area (TPSA) is 71.3 Å². The van der Waals surface area contributed by atoms with Crippen LogP contribution in [0.3, 0.4) is 0 Å². The molecule has 122 valence electrons. The van der Waals surface area contributed by atoms with Gasteiger partial charge in [0.2, 0.25) is 0 Å². The van der Waals surface area contributed by atoms with Crippen LogP contribution in [0.4, 0.5) is 20.9 Å². The van der Waals surface area contributed by atoms with E-state index < -0.39 is 10.7 Å². The SMILES string of the molecule is Cc1csc(NC2CCN(c3ccc(F)cc3[N+](=O)[O-])CC2)n1. The van der Waals surface area contributed by atoms with Crippen molar-refractivity contribution in [2.24, 2.45) is 0 Å². The third kappa shape index (κ3) is 3.58. The van der Waals surface area contributed by atoms with Gasteiger partial charge in [-0.05, 0) is 31.9 Å². The van der Waals surface area contributed by atoms with E-state index in [2.05, 4.69) is 10.3 Å². The Bertz CT molecular complexity index is 713. The van der Waals surface area contributed by atoms with Crippen molar-refractivity contribution in [1.82, 2.24) is 4.98 Å². The molecule has 6 nitrogen and oxygen atoms in total. The zero-order valence-electron chi connectivity index (χ0n) is 12.7. The van der Waals surface area contributed by atoms with Crippen molar-refractivity contribution in [2.45, 2.75) is 25.8 Å². The van der Waals surface area contributed by atoms with Crippen molar-refractivity contribution >= 4 is 27.8 Å². The average Bonchev–Trinajstić information content (AvgIpc) is 2.93. The van der Waals surface area contributed by atoms with Crippen LogP contribution < -0.4 is 10.2 Å². The van der Waals surface area contributed by atoms with Crippen LogP contribution in [0.2, 0.25) is 0 Å². The number of hydrogen-bond donors (Lipinski definition) is 1. The number of halogens is 1. The molecule has 1 saturated heterocycles. The van der Waals surface area contributed by atoms with Crippen molar-refractivity contribution in [3.8, 4) is 0 Å². The number of rotatable bonds is 4. The molecule has 0 aliphatic carbocycles. The fourth-order valence-electron chi connectivity index (χ4n) is 2.77. The Kier molecular flexibility index (Phi) is 4.42. The maximum Gasteiger partial charge on any atom is 0.295 e. The summed E-state index contributed by atoms with van der Waals surface area (Å²) < 4.78 is 13.2. The molecule has 1 fully saturated rings. The van der Waals surface area contributed by atoms with E-state index in [1.54, 1.807) is 11.3 Å². The summed E-state index contributed by atoms with van der Waals surface area (Å²) >= 11 is 1.58. The largest absolute Gasteiger partial charge is 0.366 e. The first-order chi connectivity index (χ1) is 11.0. The van der Waals surface area contributed by atoms with Crippen LogP contribution in [-0.2, 0) is 0 Å². The first-order valence-electron chi connectivity index (χ1n) is 7.40. The second-order valence-electron chi connectivity index (χ2n) is 5.59. The molecular formula is C15H17FN4O2S. The van der Waals surface area contributed by atoms with Crippen LogP contribution in [0.1, 0.15) is 18.5 Å². The van der Waals surface area contributed by atoms with Gasteiger partial charge in [-0.3, -0.25) is 10.1 Å². The molecule has 2 heterocycles. The molecule has 1 aromatic heterocycles. The molecule has 2 aromatic rings. The molecule has 0 bridgehead atoms. The molecule has 0 unspecified atom stereocenters. The number of thiazole rings is 1. The van der Waals surface area contributed by atoms with Gasteiger partial charge in [0.25, 0.3) is 5.69 Å². The molecule has 1 N–H and O–H groups in total. The van der Waals surface area contributed by atoms with Crippen molar-refractivity contribution < 1.29 is 9.31 Å². The van der Waals surface area contributed by atoms with Gasteiger partial charge in [-0.15, -0.1) is 11.3 Å². The molecule has 0 amide bonds. The lowest BCUT2D eigenvalue weighted by molar-refractivity contribution is -0.384. The lowest BCUT2D eigenvalue weighted by atomic mass is 10.0. The maximum atomic E-state index is 13.2. The van der Waals surface area contributed by atoms with Gasteiger partial charge in [0.05, 0.1) is 16.7 Å². The zero-order valence-corrected chi connectivity index (χ0v) is 13.5. The summed E-state index contributed by atoms with van der Waals surface area (Å²) in [7, 11) is 0. The Morgan fingerprint density at radius 3 is 2.78 bits per heavy atom. The van der Waals surface area contributed by atoms with E-state index >= 15 is 0 Å². The Morgan fingerprint density at radius 2 is 2.17 bits per heavy atom. The molecule has 1 aromatic carbocycles. The second kappa shape index (κ2) is 6.49. The molecule has 1 aliphatic rings. The van der Waals surface area contributed by atoms with Crippen LogP contribution in [0, 0.1) is 22.9 Å². The predicted molar refractivity (Wildman–Crippen MR) is 88.8 cm³/mol. The molecule has 1 aliphatic heterocycles. The minimum Gasteiger partial charge on any atom is -0.366 e. The zero-order chi connectivity index (χ0) is 16.4. The summed E-state index contributed by atoms with van der Waals surface area (Å²) in [6, 6.07) is 4.05. The van der Waals surface area contributed by atoms with E-state index in [1.807, 2.05) is 17.2 Å². The molecule has 0 saturated carbocycles. The highest BCUT2D eigenvalue weighted by Crippen LogP contribution is 2.31. The van der Waals surface area contributed by atoms with Gasteiger partial charge in [-0.1, -0.05) is 0 Å². The Hall–Kier alpha value is -2.22. The lowest BCUT2D eigenvalue weighted by Gasteiger charge is -2.33. The highest BCUT2D eigenvalue weighted by Gasteiger charge is 2.25. The number of anilines is 2. The molecule has 0 spiro atoms. The third-order valence-electron chi connectivity index (χ3n) is 3.92. The summed E-state index contributed by atoms with van der Waals surface area (Å²) in [6.45, 7) is 3.33. The van der Waals surface area contributed by atoms with E-state index in [0.29, 0.717) is 24.8 Å². The van der Waals surface area contributed by atoms with Crippen LogP contribution in [0.25, 0.3) is 0 Å². The van der Waals surface area contributed by atoms with E-state index in [4.69, 9.17) is 0 Å². The highest BCUT2D eigenvalue weighted by atomic mass is 32.1. The highest BCUT2D eigenvalue weighted by molar-refractivity contribution is 7.13. The molecular weight excluding hydrogens is 319 g/mol. The predicted octanol–water partition coefficient (Wildman–Crippen LogP) is 3.58. The number of aryl methyl sites for hydroxylation is 1. The van der Waals surface area contributed by atoms with Gasteiger partial charge in [-0.2, -0.15) is 0 Å². The molecule has 23 heavy (non-hydrogen) atoms. The third-order valence-corrected chi connectivity index (χ3v) is 4.81.